The van der Waals surface area contributed by atoms with Crippen LogP contribution in [0, 0.1) is 0 Å². The molecule has 1 aliphatic rings. The summed E-state index contributed by atoms with van der Waals surface area (Å²) in [5, 5.41) is 35.0. The number of hydrogen-bond acceptors (Lipinski definition) is 6. The fourth-order valence-corrected chi connectivity index (χ4v) is 0.823. The van der Waals surface area contributed by atoms with Gasteiger partial charge in [-0.2, -0.15) is 0 Å². The summed E-state index contributed by atoms with van der Waals surface area (Å²) in [5.74, 6) is -2.78. The summed E-state index contributed by atoms with van der Waals surface area (Å²) in [5.41, 5.74) is 0. The fourth-order valence-electron chi connectivity index (χ4n) is 0.823. The van der Waals surface area contributed by atoms with Crippen molar-refractivity contribution in [3.05, 3.63) is 11.5 Å². The number of esters is 1. The number of aliphatic hydroxyl groups is 4. The van der Waals surface area contributed by atoms with Gasteiger partial charge in [-0.25, -0.2) is 4.79 Å². The van der Waals surface area contributed by atoms with E-state index >= 15 is 0 Å². The molecule has 0 aliphatic carbocycles. The molecule has 0 aromatic rings. The van der Waals surface area contributed by atoms with E-state index in [1.165, 1.54) is 0 Å². The van der Waals surface area contributed by atoms with Crippen molar-refractivity contribution in [3.63, 3.8) is 0 Å². The maximum Gasteiger partial charge on any atom is 0.377 e. The second-order valence-corrected chi connectivity index (χ2v) is 2.31. The molecular formula is C6H8CaO6. The van der Waals surface area contributed by atoms with Crippen molar-refractivity contribution in [1.82, 2.24) is 0 Å². The maximum absolute atomic E-state index is 10.5. The van der Waals surface area contributed by atoms with Gasteiger partial charge in [-0.05, 0) is 0 Å². The van der Waals surface area contributed by atoms with E-state index in [4.69, 9.17) is 20.4 Å². The van der Waals surface area contributed by atoms with Crippen molar-refractivity contribution < 1.29 is 30.0 Å². The number of hydrogen-bond donors (Lipinski definition) is 4. The quantitative estimate of drug-likeness (QED) is 0.321. The Morgan fingerprint density at radius 3 is 2.31 bits per heavy atom. The van der Waals surface area contributed by atoms with E-state index in [0.29, 0.717) is 0 Å². The molecule has 4 N–H and O–H groups in total. The average molecular weight is 216 g/mol. The van der Waals surface area contributed by atoms with Crippen molar-refractivity contribution in [2.24, 2.45) is 0 Å². The molecule has 70 valence electrons. The Morgan fingerprint density at radius 2 is 2.00 bits per heavy atom. The Kier molecular flexibility index (Phi) is 5.01. The Hall–Kier alpha value is -0.0103. The van der Waals surface area contributed by atoms with Gasteiger partial charge in [-0.1, -0.05) is 0 Å². The van der Waals surface area contributed by atoms with Crippen LogP contribution in [0.3, 0.4) is 0 Å². The van der Waals surface area contributed by atoms with E-state index in [1.807, 2.05) is 0 Å². The third-order valence-electron chi connectivity index (χ3n) is 1.48. The largest absolute Gasteiger partial charge is 0.505 e. The molecule has 7 heteroatoms. The minimum absolute atomic E-state index is 0. The predicted molar refractivity (Wildman–Crippen MR) is 41.0 cm³/mol. The van der Waals surface area contributed by atoms with Crippen LogP contribution < -0.4 is 0 Å². The molecular weight excluding hydrogens is 208 g/mol. The van der Waals surface area contributed by atoms with Crippen LogP contribution in [-0.2, 0) is 9.53 Å². The second-order valence-electron chi connectivity index (χ2n) is 2.31. The summed E-state index contributed by atoms with van der Waals surface area (Å²) in [6.45, 7) is -0.671. The molecule has 1 heterocycles. The summed E-state index contributed by atoms with van der Waals surface area (Å²) in [7, 11) is 0. The first kappa shape index (κ1) is 13.0. The number of cyclic esters (lactones) is 1. The van der Waals surface area contributed by atoms with Crippen LogP contribution in [0.15, 0.2) is 11.5 Å². The summed E-state index contributed by atoms with van der Waals surface area (Å²) in [6, 6.07) is 0. The molecule has 0 saturated heterocycles. The van der Waals surface area contributed by atoms with Crippen molar-refractivity contribution in [2.75, 3.05) is 6.61 Å². The van der Waals surface area contributed by atoms with Gasteiger partial charge in [0.25, 0.3) is 0 Å². The van der Waals surface area contributed by atoms with Crippen molar-refractivity contribution in [2.45, 2.75) is 12.2 Å². The number of rotatable bonds is 2. The zero-order valence-electron chi connectivity index (χ0n) is 6.67. The minimum atomic E-state index is -1.42. The van der Waals surface area contributed by atoms with Crippen LogP contribution in [0.25, 0.3) is 0 Å². The molecule has 0 aromatic carbocycles. The summed E-state index contributed by atoms with van der Waals surface area (Å²) >= 11 is 0. The van der Waals surface area contributed by atoms with Gasteiger partial charge in [0.15, 0.2) is 11.9 Å². The molecule has 2 atom stereocenters. The van der Waals surface area contributed by atoms with Gasteiger partial charge in [0.2, 0.25) is 5.76 Å². The molecule has 6 nitrogen and oxygen atoms in total. The molecule has 2 unspecified atom stereocenters. The number of carbonyl (C=O) groups is 1. The van der Waals surface area contributed by atoms with Gasteiger partial charge in [-0.3, -0.25) is 0 Å². The Bertz CT molecular complexity index is 237. The van der Waals surface area contributed by atoms with Crippen LogP contribution in [-0.4, -0.2) is 82.9 Å². The first-order valence-electron chi connectivity index (χ1n) is 3.20. The van der Waals surface area contributed by atoms with Crippen LogP contribution in [0.4, 0.5) is 0 Å². The summed E-state index contributed by atoms with van der Waals surface area (Å²) < 4.78 is 4.32. The van der Waals surface area contributed by atoms with Crippen molar-refractivity contribution in [1.29, 1.82) is 0 Å². The fraction of sp³-hybridized carbons (Fsp3) is 0.500. The SMILES string of the molecule is O=C1OC(C(O)CO)C(O)=C1O.[Ca]. The van der Waals surface area contributed by atoms with Gasteiger partial charge < -0.3 is 25.2 Å². The van der Waals surface area contributed by atoms with Gasteiger partial charge in [-0.15, -0.1) is 0 Å². The smallest absolute Gasteiger partial charge is 0.377 e. The summed E-state index contributed by atoms with van der Waals surface area (Å²) in [4.78, 5) is 10.5. The van der Waals surface area contributed by atoms with Crippen LogP contribution >= 0.6 is 0 Å². The molecule has 0 bridgehead atoms. The van der Waals surface area contributed by atoms with E-state index in [-0.39, 0.29) is 37.7 Å². The van der Waals surface area contributed by atoms with Gasteiger partial charge in [0.1, 0.15) is 6.10 Å². The Labute approximate surface area is 103 Å². The predicted octanol–water partition coefficient (Wildman–Crippen LogP) is -1.79. The molecule has 1 aliphatic heterocycles. The Balaban J connectivity index is 0.00000144. The molecule has 1 rings (SSSR count). The van der Waals surface area contributed by atoms with E-state index in [2.05, 4.69) is 4.74 Å². The number of aliphatic hydroxyl groups excluding tert-OH is 4. The third-order valence-corrected chi connectivity index (χ3v) is 1.48. The molecule has 0 fully saturated rings. The van der Waals surface area contributed by atoms with Crippen molar-refractivity contribution in [3.8, 4) is 0 Å². The monoisotopic (exact) mass is 216 g/mol. The number of ether oxygens (including phenoxy) is 1. The first-order valence-corrected chi connectivity index (χ1v) is 3.20. The molecule has 0 amide bonds. The minimum Gasteiger partial charge on any atom is -0.505 e. The zero-order chi connectivity index (χ0) is 9.30. The Morgan fingerprint density at radius 1 is 1.46 bits per heavy atom. The molecule has 0 saturated carbocycles. The third kappa shape index (κ3) is 2.47. The van der Waals surface area contributed by atoms with Crippen LogP contribution in [0.2, 0.25) is 0 Å². The van der Waals surface area contributed by atoms with E-state index < -0.39 is 36.3 Å². The van der Waals surface area contributed by atoms with E-state index in [0.717, 1.165) is 0 Å². The molecule has 0 spiro atoms. The number of carbonyl (C=O) groups excluding carboxylic acids is 1. The van der Waals surface area contributed by atoms with E-state index in [1.54, 1.807) is 0 Å². The van der Waals surface area contributed by atoms with Crippen molar-refractivity contribution >= 4 is 43.7 Å². The normalized spacial score (nSPS) is 23.8. The molecule has 0 aromatic heterocycles. The standard InChI is InChI=1S/C6H8O6.Ca/c7-1-2(8)5-3(9)4(10)6(11)12-5;/h2,5,7-10H,1H2;. The maximum atomic E-state index is 10.5. The van der Waals surface area contributed by atoms with Gasteiger partial charge in [0, 0.05) is 37.7 Å². The second kappa shape index (κ2) is 5.02. The topological polar surface area (TPSA) is 107 Å². The first-order chi connectivity index (χ1) is 5.57. The van der Waals surface area contributed by atoms with Crippen LogP contribution in [0.1, 0.15) is 0 Å². The van der Waals surface area contributed by atoms with E-state index in [9.17, 15) is 4.79 Å². The van der Waals surface area contributed by atoms with Gasteiger partial charge in [0.05, 0.1) is 6.61 Å². The molecule has 2 radical (unpaired) electrons. The van der Waals surface area contributed by atoms with Crippen LogP contribution in [0.5, 0.6) is 0 Å². The average Bonchev–Trinajstić information content (AvgIpc) is 2.32. The zero-order valence-corrected chi connectivity index (χ0v) is 8.88. The van der Waals surface area contributed by atoms with Gasteiger partial charge >= 0.3 is 5.97 Å². The molecule has 13 heavy (non-hydrogen) atoms. The summed E-state index contributed by atoms with van der Waals surface area (Å²) in [6.07, 6.45) is -2.78.